The maximum atomic E-state index is 10.9. The summed E-state index contributed by atoms with van der Waals surface area (Å²) in [5.74, 6) is -0.705. The first-order chi connectivity index (χ1) is 8.59. The second-order valence-electron chi connectivity index (χ2n) is 3.54. The average Bonchev–Trinajstić information content (AvgIpc) is 2.73. The fraction of sp³-hybridized carbons (Fsp3) is 0.182. The van der Waals surface area contributed by atoms with Gasteiger partial charge in [-0.1, -0.05) is 11.6 Å². The van der Waals surface area contributed by atoms with Crippen molar-refractivity contribution in [3.8, 4) is 0 Å². The Kier molecular flexibility index (Phi) is 3.78. The molecule has 2 aromatic rings. The molecule has 0 spiro atoms. The van der Waals surface area contributed by atoms with Crippen LogP contribution in [0.25, 0.3) is 0 Å². The van der Waals surface area contributed by atoms with Gasteiger partial charge < -0.3 is 10.4 Å². The van der Waals surface area contributed by atoms with Crippen LogP contribution in [0.5, 0.6) is 0 Å². The number of anilines is 1. The molecule has 94 valence electrons. The first kappa shape index (κ1) is 12.8. The van der Waals surface area contributed by atoms with Gasteiger partial charge in [0.2, 0.25) is 0 Å². The lowest BCUT2D eigenvalue weighted by atomic mass is 10.2. The van der Waals surface area contributed by atoms with Crippen LogP contribution in [0.3, 0.4) is 0 Å². The number of nitrogens with zero attached hydrogens (tertiary/aromatic N) is 2. The van der Waals surface area contributed by atoms with Crippen molar-refractivity contribution in [1.82, 2.24) is 9.97 Å². The molecular formula is C11H10ClN3O2S. The second-order valence-corrected chi connectivity index (χ2v) is 4.86. The zero-order chi connectivity index (χ0) is 13.1. The minimum atomic E-state index is -1.07. The van der Waals surface area contributed by atoms with E-state index in [0.717, 1.165) is 10.6 Å². The number of carboxylic acids is 1. The quantitative estimate of drug-likeness (QED) is 0.902. The lowest BCUT2D eigenvalue weighted by Crippen LogP contribution is -2.05. The van der Waals surface area contributed by atoms with Gasteiger partial charge in [0.15, 0.2) is 0 Å². The smallest absolute Gasteiger partial charge is 0.337 e. The van der Waals surface area contributed by atoms with Gasteiger partial charge in [-0.3, -0.25) is 0 Å². The number of rotatable bonds is 4. The predicted octanol–water partition coefficient (Wildman–Crippen LogP) is 2.81. The fourth-order valence-electron chi connectivity index (χ4n) is 1.39. The van der Waals surface area contributed by atoms with Crippen molar-refractivity contribution in [2.24, 2.45) is 0 Å². The molecule has 0 atom stereocenters. The Morgan fingerprint density at radius 2 is 2.33 bits per heavy atom. The highest BCUT2D eigenvalue weighted by atomic mass is 35.5. The van der Waals surface area contributed by atoms with Crippen molar-refractivity contribution in [1.29, 1.82) is 0 Å². The molecule has 2 rings (SSSR count). The molecule has 0 aliphatic heterocycles. The summed E-state index contributed by atoms with van der Waals surface area (Å²) in [6.07, 6.45) is 1.41. The number of aromatic carboxylic acids is 1. The number of aromatic nitrogens is 2. The number of hydrogen-bond acceptors (Lipinski definition) is 5. The Labute approximate surface area is 112 Å². The Hall–Kier alpha value is -1.66. The van der Waals surface area contributed by atoms with Crippen molar-refractivity contribution in [3.63, 3.8) is 0 Å². The first-order valence-electron chi connectivity index (χ1n) is 5.10. The molecule has 2 aromatic heterocycles. The third-order valence-electron chi connectivity index (χ3n) is 2.38. The van der Waals surface area contributed by atoms with E-state index in [0.29, 0.717) is 12.4 Å². The van der Waals surface area contributed by atoms with E-state index >= 15 is 0 Å². The summed E-state index contributed by atoms with van der Waals surface area (Å²) in [7, 11) is 0. The molecule has 0 fully saturated rings. The summed E-state index contributed by atoms with van der Waals surface area (Å²) in [4.78, 5) is 20.1. The van der Waals surface area contributed by atoms with Gasteiger partial charge in [-0.05, 0) is 13.0 Å². The predicted molar refractivity (Wildman–Crippen MR) is 70.4 cm³/mol. The van der Waals surface area contributed by atoms with E-state index in [4.69, 9.17) is 16.7 Å². The molecule has 0 radical (unpaired) electrons. The van der Waals surface area contributed by atoms with E-state index in [1.54, 1.807) is 5.51 Å². The molecular weight excluding hydrogens is 274 g/mol. The molecule has 0 bridgehead atoms. The third kappa shape index (κ3) is 2.60. The van der Waals surface area contributed by atoms with E-state index in [9.17, 15) is 4.79 Å². The highest BCUT2D eigenvalue weighted by Gasteiger charge is 2.13. The summed E-state index contributed by atoms with van der Waals surface area (Å²) in [5.41, 5.74) is 2.74. The first-order valence-corrected chi connectivity index (χ1v) is 6.36. The lowest BCUT2D eigenvalue weighted by molar-refractivity contribution is 0.0697. The SMILES string of the molecule is Cc1ncsc1CNc1nccc(C(=O)O)c1Cl. The van der Waals surface area contributed by atoms with Gasteiger partial charge in [-0.15, -0.1) is 11.3 Å². The van der Waals surface area contributed by atoms with Gasteiger partial charge in [0.1, 0.15) is 5.82 Å². The molecule has 0 saturated carbocycles. The minimum Gasteiger partial charge on any atom is -0.478 e. The number of halogens is 1. The highest BCUT2D eigenvalue weighted by molar-refractivity contribution is 7.09. The van der Waals surface area contributed by atoms with Crippen LogP contribution in [0.15, 0.2) is 17.8 Å². The fourth-order valence-corrected chi connectivity index (χ4v) is 2.37. The van der Waals surface area contributed by atoms with Gasteiger partial charge in [-0.25, -0.2) is 14.8 Å². The number of thiazole rings is 1. The van der Waals surface area contributed by atoms with Crippen LogP contribution in [0, 0.1) is 6.92 Å². The van der Waals surface area contributed by atoms with Crippen molar-refractivity contribution in [3.05, 3.63) is 38.9 Å². The van der Waals surface area contributed by atoms with E-state index < -0.39 is 5.97 Å². The van der Waals surface area contributed by atoms with Gasteiger partial charge in [0.05, 0.1) is 28.3 Å². The van der Waals surface area contributed by atoms with E-state index in [2.05, 4.69) is 15.3 Å². The molecule has 0 saturated heterocycles. The van der Waals surface area contributed by atoms with Crippen molar-refractivity contribution in [2.75, 3.05) is 5.32 Å². The summed E-state index contributed by atoms with van der Waals surface area (Å²) in [6, 6.07) is 1.37. The van der Waals surface area contributed by atoms with Crippen LogP contribution in [-0.2, 0) is 6.54 Å². The largest absolute Gasteiger partial charge is 0.478 e. The van der Waals surface area contributed by atoms with Crippen LogP contribution in [0.2, 0.25) is 5.02 Å². The van der Waals surface area contributed by atoms with Crippen LogP contribution < -0.4 is 5.32 Å². The zero-order valence-corrected chi connectivity index (χ0v) is 11.0. The van der Waals surface area contributed by atoms with Crippen molar-refractivity contribution in [2.45, 2.75) is 13.5 Å². The number of carbonyl (C=O) groups is 1. The summed E-state index contributed by atoms with van der Waals surface area (Å²) >= 11 is 7.49. The Morgan fingerprint density at radius 1 is 1.56 bits per heavy atom. The minimum absolute atomic E-state index is 0.0372. The molecule has 18 heavy (non-hydrogen) atoms. The van der Waals surface area contributed by atoms with Crippen LogP contribution >= 0.6 is 22.9 Å². The molecule has 0 aromatic carbocycles. The molecule has 7 heteroatoms. The van der Waals surface area contributed by atoms with Crippen molar-refractivity contribution >= 4 is 34.7 Å². The zero-order valence-electron chi connectivity index (χ0n) is 9.48. The topological polar surface area (TPSA) is 75.1 Å². The van der Waals surface area contributed by atoms with E-state index in [1.165, 1.54) is 23.6 Å². The summed E-state index contributed by atoms with van der Waals surface area (Å²) < 4.78 is 0. The Balaban J connectivity index is 2.17. The third-order valence-corrected chi connectivity index (χ3v) is 3.70. The molecule has 0 aliphatic carbocycles. The van der Waals surface area contributed by atoms with Gasteiger partial charge in [0.25, 0.3) is 0 Å². The lowest BCUT2D eigenvalue weighted by Gasteiger charge is -2.08. The van der Waals surface area contributed by atoms with E-state index in [-0.39, 0.29) is 10.6 Å². The maximum absolute atomic E-state index is 10.9. The Bertz CT molecular complexity index is 585. The monoisotopic (exact) mass is 283 g/mol. The molecule has 0 unspecified atom stereocenters. The average molecular weight is 284 g/mol. The Morgan fingerprint density at radius 3 is 2.94 bits per heavy atom. The van der Waals surface area contributed by atoms with Gasteiger partial charge >= 0.3 is 5.97 Å². The summed E-state index contributed by atoms with van der Waals surface area (Å²) in [5, 5.41) is 12.1. The molecule has 0 amide bonds. The van der Waals surface area contributed by atoms with Crippen LogP contribution in [0.4, 0.5) is 5.82 Å². The number of pyridine rings is 1. The molecule has 2 heterocycles. The van der Waals surface area contributed by atoms with Crippen molar-refractivity contribution < 1.29 is 9.90 Å². The van der Waals surface area contributed by atoms with Crippen LogP contribution in [0.1, 0.15) is 20.9 Å². The normalized spacial score (nSPS) is 10.3. The van der Waals surface area contributed by atoms with Gasteiger partial charge in [-0.2, -0.15) is 0 Å². The molecule has 5 nitrogen and oxygen atoms in total. The second kappa shape index (κ2) is 5.32. The number of carboxylic acid groups (broad SMARTS) is 1. The maximum Gasteiger partial charge on any atom is 0.337 e. The number of nitrogens with one attached hydrogen (secondary N) is 1. The number of aryl methyl sites for hydroxylation is 1. The highest BCUT2D eigenvalue weighted by Crippen LogP contribution is 2.24. The van der Waals surface area contributed by atoms with E-state index in [1.807, 2.05) is 6.92 Å². The molecule has 0 aliphatic rings. The standard InChI is InChI=1S/C11H10ClN3O2S/c1-6-8(18-5-15-6)4-14-10-9(12)7(11(16)17)2-3-13-10/h2-3,5H,4H2,1H3,(H,13,14)(H,16,17). The number of hydrogen-bond donors (Lipinski definition) is 2. The molecule has 2 N–H and O–H groups in total. The van der Waals surface area contributed by atoms with Gasteiger partial charge in [0, 0.05) is 11.1 Å². The summed E-state index contributed by atoms with van der Waals surface area (Å²) in [6.45, 7) is 2.43. The van der Waals surface area contributed by atoms with Crippen LogP contribution in [-0.4, -0.2) is 21.0 Å².